The Morgan fingerprint density at radius 3 is 2.50 bits per heavy atom. The van der Waals surface area contributed by atoms with Gasteiger partial charge < -0.3 is 4.90 Å². The van der Waals surface area contributed by atoms with Crippen LogP contribution in [0, 0.1) is 6.92 Å². The molecule has 1 aromatic carbocycles. The Kier molecular flexibility index (Phi) is 3.16. The summed E-state index contributed by atoms with van der Waals surface area (Å²) in [4.78, 5) is 13.7. The van der Waals surface area contributed by atoms with Crippen molar-refractivity contribution in [1.82, 2.24) is 4.90 Å². The van der Waals surface area contributed by atoms with Crippen molar-refractivity contribution in [2.75, 3.05) is 7.05 Å². The summed E-state index contributed by atoms with van der Waals surface area (Å²) < 4.78 is 23.0. The molecule has 0 atom stereocenters. The number of sulfonamides is 1. The zero-order chi connectivity index (χ0) is 13.5. The fourth-order valence-electron chi connectivity index (χ4n) is 1.88. The third kappa shape index (κ3) is 2.54. The third-order valence-electron chi connectivity index (χ3n) is 3.09. The number of hydrogen-bond acceptors (Lipinski definition) is 3. The van der Waals surface area contributed by atoms with Crippen molar-refractivity contribution in [3.63, 3.8) is 0 Å². The van der Waals surface area contributed by atoms with E-state index < -0.39 is 10.0 Å². The highest BCUT2D eigenvalue weighted by Gasteiger charge is 2.32. The van der Waals surface area contributed by atoms with Crippen LogP contribution in [0.2, 0.25) is 0 Å². The fraction of sp³-hybridized carbons (Fsp3) is 0.417. The van der Waals surface area contributed by atoms with Crippen molar-refractivity contribution in [2.45, 2.75) is 30.7 Å². The average Bonchev–Trinajstić information content (AvgIpc) is 3.09. The van der Waals surface area contributed by atoms with E-state index >= 15 is 0 Å². The second kappa shape index (κ2) is 4.37. The van der Waals surface area contributed by atoms with Gasteiger partial charge >= 0.3 is 0 Å². The second-order valence-electron chi connectivity index (χ2n) is 4.69. The van der Waals surface area contributed by atoms with E-state index in [0.29, 0.717) is 0 Å². The number of carbonyl (C=O) groups excluding carboxylic acids is 1. The standard InChI is InChI=1S/C12H16N2O3S/c1-8-3-6-11(18(13,16)17)10(7-8)12(15)14(2)9-4-5-9/h3,6-7,9H,4-5H2,1-2H3,(H2,13,16,17). The van der Waals surface area contributed by atoms with Gasteiger partial charge in [0, 0.05) is 13.1 Å². The van der Waals surface area contributed by atoms with Gasteiger partial charge in [-0.05, 0) is 31.9 Å². The van der Waals surface area contributed by atoms with Gasteiger partial charge in [0.2, 0.25) is 10.0 Å². The number of benzene rings is 1. The lowest BCUT2D eigenvalue weighted by Gasteiger charge is -2.18. The van der Waals surface area contributed by atoms with Crippen molar-refractivity contribution in [2.24, 2.45) is 5.14 Å². The molecule has 0 aromatic heterocycles. The summed E-state index contributed by atoms with van der Waals surface area (Å²) >= 11 is 0. The molecular weight excluding hydrogens is 252 g/mol. The Labute approximate surface area is 107 Å². The Hall–Kier alpha value is -1.40. The molecule has 2 rings (SSSR count). The molecule has 6 heteroatoms. The van der Waals surface area contributed by atoms with Gasteiger partial charge in [-0.25, -0.2) is 13.6 Å². The van der Waals surface area contributed by atoms with E-state index in [1.54, 1.807) is 31.0 Å². The van der Waals surface area contributed by atoms with Crippen molar-refractivity contribution in [1.29, 1.82) is 0 Å². The van der Waals surface area contributed by atoms with E-state index in [9.17, 15) is 13.2 Å². The van der Waals surface area contributed by atoms with Crippen LogP contribution in [-0.4, -0.2) is 32.3 Å². The number of hydrogen-bond donors (Lipinski definition) is 1. The summed E-state index contributed by atoms with van der Waals surface area (Å²) in [5.74, 6) is -0.287. The first kappa shape index (κ1) is 13.0. The molecule has 18 heavy (non-hydrogen) atoms. The van der Waals surface area contributed by atoms with E-state index in [1.807, 2.05) is 0 Å². The zero-order valence-corrected chi connectivity index (χ0v) is 11.2. The predicted octanol–water partition coefficient (Wildman–Crippen LogP) is 0.877. The molecule has 1 aliphatic rings. The van der Waals surface area contributed by atoms with Gasteiger partial charge in [0.1, 0.15) is 0 Å². The van der Waals surface area contributed by atoms with E-state index in [-0.39, 0.29) is 22.4 Å². The van der Waals surface area contributed by atoms with Gasteiger partial charge in [-0.2, -0.15) is 0 Å². The van der Waals surface area contributed by atoms with Gasteiger partial charge in [-0.1, -0.05) is 11.6 Å². The summed E-state index contributed by atoms with van der Waals surface area (Å²) in [6.45, 7) is 1.81. The Morgan fingerprint density at radius 1 is 1.39 bits per heavy atom. The van der Waals surface area contributed by atoms with Crippen LogP contribution in [0.4, 0.5) is 0 Å². The number of amides is 1. The Balaban J connectivity index is 2.48. The number of nitrogens with two attached hydrogens (primary N) is 1. The number of carbonyl (C=O) groups is 1. The molecule has 0 radical (unpaired) electrons. The van der Waals surface area contributed by atoms with Crippen LogP contribution in [0.1, 0.15) is 28.8 Å². The van der Waals surface area contributed by atoms with Crippen LogP contribution in [0.5, 0.6) is 0 Å². The summed E-state index contributed by atoms with van der Waals surface area (Å²) in [5, 5.41) is 5.14. The Bertz CT molecular complexity index is 591. The molecule has 1 fully saturated rings. The second-order valence-corrected chi connectivity index (χ2v) is 6.22. The number of rotatable bonds is 3. The molecule has 0 unspecified atom stereocenters. The van der Waals surface area contributed by atoms with Crippen LogP contribution >= 0.6 is 0 Å². The predicted molar refractivity (Wildman–Crippen MR) is 67.7 cm³/mol. The molecule has 0 aliphatic heterocycles. The zero-order valence-electron chi connectivity index (χ0n) is 10.4. The van der Waals surface area contributed by atoms with Gasteiger partial charge in [0.15, 0.2) is 0 Å². The fourth-order valence-corrected chi connectivity index (χ4v) is 2.59. The maximum Gasteiger partial charge on any atom is 0.255 e. The van der Waals surface area contributed by atoms with Crippen LogP contribution in [-0.2, 0) is 10.0 Å². The molecule has 0 spiro atoms. The average molecular weight is 268 g/mol. The molecule has 0 heterocycles. The van der Waals surface area contributed by atoms with E-state index in [4.69, 9.17) is 5.14 Å². The molecule has 1 saturated carbocycles. The lowest BCUT2D eigenvalue weighted by molar-refractivity contribution is 0.0781. The smallest absolute Gasteiger partial charge is 0.255 e. The van der Waals surface area contributed by atoms with E-state index in [0.717, 1.165) is 18.4 Å². The topological polar surface area (TPSA) is 80.5 Å². The summed E-state index contributed by atoms with van der Waals surface area (Å²) in [5.41, 5.74) is 0.988. The molecular formula is C12H16N2O3S. The van der Waals surface area contributed by atoms with Gasteiger partial charge in [0.05, 0.1) is 10.5 Å². The highest BCUT2D eigenvalue weighted by Crippen LogP contribution is 2.28. The molecule has 1 aromatic rings. The maximum absolute atomic E-state index is 12.3. The van der Waals surface area contributed by atoms with E-state index in [1.165, 1.54) is 6.07 Å². The van der Waals surface area contributed by atoms with Crippen LogP contribution < -0.4 is 5.14 Å². The summed E-state index contributed by atoms with van der Waals surface area (Å²) in [7, 11) is -2.19. The molecule has 0 bridgehead atoms. The molecule has 1 amide bonds. The molecule has 0 saturated heterocycles. The highest BCUT2D eigenvalue weighted by molar-refractivity contribution is 7.89. The summed E-state index contributed by atoms with van der Waals surface area (Å²) in [6, 6.07) is 4.82. The SMILES string of the molecule is Cc1ccc(S(N)(=O)=O)c(C(=O)N(C)C2CC2)c1. The van der Waals surface area contributed by atoms with Gasteiger partial charge in [-0.15, -0.1) is 0 Å². The van der Waals surface area contributed by atoms with Gasteiger partial charge in [-0.3, -0.25) is 4.79 Å². The first-order valence-electron chi connectivity index (χ1n) is 5.71. The van der Waals surface area contributed by atoms with Crippen LogP contribution in [0.3, 0.4) is 0 Å². The lowest BCUT2D eigenvalue weighted by Crippen LogP contribution is -2.30. The van der Waals surface area contributed by atoms with Crippen LogP contribution in [0.25, 0.3) is 0 Å². The number of aryl methyl sites for hydroxylation is 1. The van der Waals surface area contributed by atoms with Gasteiger partial charge in [0.25, 0.3) is 5.91 Å². The highest BCUT2D eigenvalue weighted by atomic mass is 32.2. The van der Waals surface area contributed by atoms with Crippen molar-refractivity contribution in [3.8, 4) is 0 Å². The summed E-state index contributed by atoms with van der Waals surface area (Å²) in [6.07, 6.45) is 1.94. The van der Waals surface area contributed by atoms with Crippen LogP contribution in [0.15, 0.2) is 23.1 Å². The molecule has 1 aliphatic carbocycles. The Morgan fingerprint density at radius 2 is 2.00 bits per heavy atom. The number of nitrogens with zero attached hydrogens (tertiary/aromatic N) is 1. The third-order valence-corrected chi connectivity index (χ3v) is 4.06. The quantitative estimate of drug-likeness (QED) is 0.883. The first-order valence-corrected chi connectivity index (χ1v) is 7.26. The minimum absolute atomic E-state index is 0.106. The number of primary sulfonamides is 1. The molecule has 2 N–H and O–H groups in total. The maximum atomic E-state index is 12.3. The lowest BCUT2D eigenvalue weighted by atomic mass is 10.1. The van der Waals surface area contributed by atoms with Crippen molar-refractivity contribution < 1.29 is 13.2 Å². The van der Waals surface area contributed by atoms with Crippen molar-refractivity contribution in [3.05, 3.63) is 29.3 Å². The molecule has 98 valence electrons. The minimum Gasteiger partial charge on any atom is -0.339 e. The minimum atomic E-state index is -3.88. The normalized spacial score (nSPS) is 15.5. The largest absolute Gasteiger partial charge is 0.339 e. The van der Waals surface area contributed by atoms with E-state index in [2.05, 4.69) is 0 Å². The molecule has 5 nitrogen and oxygen atoms in total. The monoisotopic (exact) mass is 268 g/mol. The van der Waals surface area contributed by atoms with Crippen molar-refractivity contribution >= 4 is 15.9 Å². The first-order chi connectivity index (χ1) is 8.30.